The van der Waals surface area contributed by atoms with Gasteiger partial charge in [-0.25, -0.2) is 8.98 Å². The molecule has 0 atom stereocenters. The minimum atomic E-state index is -4.32. The van der Waals surface area contributed by atoms with Crippen molar-refractivity contribution < 1.29 is 26.7 Å². The summed E-state index contributed by atoms with van der Waals surface area (Å²) in [6.45, 7) is 0. The molecule has 0 heterocycles. The van der Waals surface area contributed by atoms with Crippen LogP contribution in [-0.4, -0.2) is 56.3 Å². The molecule has 0 spiro atoms. The van der Waals surface area contributed by atoms with Gasteiger partial charge in [-0.05, 0) is 0 Å². The zero-order chi connectivity index (χ0) is 7.49. The molecule has 8 heteroatoms. The molecule has 0 saturated carbocycles. The maximum atomic E-state index is 9.98. The first-order valence-electron chi connectivity index (χ1n) is 1.71. The van der Waals surface area contributed by atoms with Crippen molar-refractivity contribution in [3.8, 4) is 0 Å². The predicted molar refractivity (Wildman–Crippen MR) is 30.8 cm³/mol. The van der Waals surface area contributed by atoms with Crippen LogP contribution in [0.4, 0.5) is 4.79 Å². The maximum absolute atomic E-state index is 9.98. The Bertz CT molecular complexity index is 194. The van der Waals surface area contributed by atoms with Gasteiger partial charge in [-0.3, -0.25) is 4.18 Å². The second kappa shape index (κ2) is 4.91. The van der Waals surface area contributed by atoms with E-state index in [1.807, 2.05) is 0 Å². The van der Waals surface area contributed by atoms with E-state index in [2.05, 4.69) is 8.37 Å². The smallest absolute Gasteiger partial charge is 0.449 e. The Balaban J connectivity index is 0. The Labute approximate surface area is 79.7 Å². The second-order valence-electron chi connectivity index (χ2n) is 0.924. The molecule has 0 unspecified atom stereocenters. The van der Waals surface area contributed by atoms with Gasteiger partial charge in [-0.2, -0.15) is 8.42 Å². The topological polar surface area (TPSA) is 89.9 Å². The Hall–Kier alpha value is 0.180. The van der Waals surface area contributed by atoms with Gasteiger partial charge in [0.1, 0.15) is 0 Å². The van der Waals surface area contributed by atoms with Crippen molar-refractivity contribution in [2.75, 3.05) is 7.11 Å². The average molecular weight is 179 g/mol. The van der Waals surface area contributed by atoms with Gasteiger partial charge in [-0.1, -0.05) is 0 Å². The molecule has 0 fully saturated rings. The molecule has 0 amide bonds. The molecule has 0 aromatic heterocycles. The monoisotopic (exact) mass is 179 g/mol. The van der Waals surface area contributed by atoms with Gasteiger partial charge < -0.3 is 5.11 Å². The summed E-state index contributed by atoms with van der Waals surface area (Å²) in [4.78, 5) is 9.49. The fraction of sp³-hybridized carbons (Fsp3) is 0.500. The molecule has 55 valence electrons. The van der Waals surface area contributed by atoms with Crippen molar-refractivity contribution in [3.63, 3.8) is 0 Å². The summed E-state index contributed by atoms with van der Waals surface area (Å²) in [5.41, 5.74) is 0. The number of hydrogen-bond donors (Lipinski definition) is 1. The van der Waals surface area contributed by atoms with Crippen LogP contribution in [0.1, 0.15) is 0 Å². The Morgan fingerprint density at radius 2 is 1.90 bits per heavy atom. The molecule has 0 aromatic carbocycles. The number of hydrogen-bond acceptors (Lipinski definition) is 5. The van der Waals surface area contributed by atoms with Gasteiger partial charge >= 0.3 is 16.6 Å². The first-order chi connectivity index (χ1) is 3.98. The molecule has 6 nitrogen and oxygen atoms in total. The van der Waals surface area contributed by atoms with Gasteiger partial charge in [0, 0.05) is 29.6 Å². The van der Waals surface area contributed by atoms with E-state index in [9.17, 15) is 13.2 Å². The SMILES string of the molecule is COS(=O)(=O)OC(=O)O.[Na]. The molecule has 0 rings (SSSR count). The molecule has 0 aromatic rings. The van der Waals surface area contributed by atoms with Crippen LogP contribution < -0.4 is 0 Å². The molecular weight excluding hydrogens is 175 g/mol. The van der Waals surface area contributed by atoms with E-state index in [4.69, 9.17) is 5.11 Å². The number of carbonyl (C=O) groups is 1. The van der Waals surface area contributed by atoms with E-state index < -0.39 is 16.6 Å². The minimum absolute atomic E-state index is 0. The Morgan fingerprint density at radius 3 is 2.00 bits per heavy atom. The van der Waals surface area contributed by atoms with Gasteiger partial charge in [0.25, 0.3) is 0 Å². The quantitative estimate of drug-likeness (QED) is 0.557. The van der Waals surface area contributed by atoms with Crippen molar-refractivity contribution in [3.05, 3.63) is 0 Å². The zero-order valence-electron chi connectivity index (χ0n) is 5.40. The van der Waals surface area contributed by atoms with Gasteiger partial charge in [-0.15, -0.1) is 0 Å². The summed E-state index contributed by atoms with van der Waals surface area (Å²) < 4.78 is 26.8. The molecular formula is C2H4NaO6S. The van der Waals surface area contributed by atoms with Gasteiger partial charge in [0.05, 0.1) is 7.11 Å². The fourth-order valence-electron chi connectivity index (χ4n) is 0.121. The molecule has 1 N–H and O–H groups in total. The Kier molecular flexibility index (Phi) is 6.30. The molecule has 0 saturated heterocycles. The first-order valence-corrected chi connectivity index (χ1v) is 3.04. The summed E-state index contributed by atoms with van der Waals surface area (Å²) in [6.07, 6.45) is -1.92. The largest absolute Gasteiger partial charge is 0.523 e. The average Bonchev–Trinajstić information content (AvgIpc) is 1.63. The van der Waals surface area contributed by atoms with Crippen LogP contribution in [0.2, 0.25) is 0 Å². The van der Waals surface area contributed by atoms with E-state index in [1.165, 1.54) is 0 Å². The summed E-state index contributed by atoms with van der Waals surface area (Å²) in [5, 5.41) is 7.70. The van der Waals surface area contributed by atoms with E-state index in [0.29, 0.717) is 0 Å². The van der Waals surface area contributed by atoms with Crippen LogP contribution in [0, 0.1) is 0 Å². The van der Waals surface area contributed by atoms with Crippen LogP contribution in [0.5, 0.6) is 0 Å². The summed E-state index contributed by atoms with van der Waals surface area (Å²) in [6, 6.07) is 0. The molecule has 0 bridgehead atoms. The van der Waals surface area contributed by atoms with Crippen LogP contribution in [-0.2, 0) is 18.8 Å². The third kappa shape index (κ3) is 6.30. The van der Waals surface area contributed by atoms with E-state index in [0.717, 1.165) is 7.11 Å². The minimum Gasteiger partial charge on any atom is -0.449 e. The molecule has 1 radical (unpaired) electrons. The van der Waals surface area contributed by atoms with Crippen LogP contribution in [0.3, 0.4) is 0 Å². The zero-order valence-corrected chi connectivity index (χ0v) is 8.21. The number of rotatable bonds is 2. The maximum Gasteiger partial charge on any atom is 0.523 e. The summed E-state index contributed by atoms with van der Waals surface area (Å²) in [7, 11) is -3.53. The van der Waals surface area contributed by atoms with Gasteiger partial charge in [0.2, 0.25) is 0 Å². The number of carboxylic acid groups (broad SMARTS) is 1. The van der Waals surface area contributed by atoms with E-state index >= 15 is 0 Å². The van der Waals surface area contributed by atoms with Gasteiger partial charge in [0.15, 0.2) is 0 Å². The van der Waals surface area contributed by atoms with Crippen LogP contribution >= 0.6 is 0 Å². The van der Waals surface area contributed by atoms with Crippen molar-refractivity contribution in [2.24, 2.45) is 0 Å². The summed E-state index contributed by atoms with van der Waals surface area (Å²) in [5.74, 6) is 0. The molecule has 0 aliphatic rings. The molecule has 0 aliphatic carbocycles. The van der Waals surface area contributed by atoms with E-state index in [1.54, 1.807) is 0 Å². The fourth-order valence-corrected chi connectivity index (χ4v) is 0.364. The van der Waals surface area contributed by atoms with Crippen molar-refractivity contribution in [1.29, 1.82) is 0 Å². The standard InChI is InChI=1S/C2H4O6S.Na/c1-7-9(5,6)8-2(3)4;/h1H3,(H,3,4);. The Morgan fingerprint density at radius 1 is 1.50 bits per heavy atom. The normalized spacial score (nSPS) is 9.70. The van der Waals surface area contributed by atoms with Crippen LogP contribution in [0.15, 0.2) is 0 Å². The second-order valence-corrected chi connectivity index (χ2v) is 2.24. The first kappa shape index (κ1) is 12.8. The van der Waals surface area contributed by atoms with Crippen molar-refractivity contribution >= 4 is 46.1 Å². The molecule has 0 aliphatic heterocycles. The third-order valence-electron chi connectivity index (χ3n) is 0.377. The summed E-state index contributed by atoms with van der Waals surface area (Å²) >= 11 is 0. The third-order valence-corrected chi connectivity index (χ3v) is 1.13. The van der Waals surface area contributed by atoms with Crippen molar-refractivity contribution in [1.82, 2.24) is 0 Å². The van der Waals surface area contributed by atoms with Crippen molar-refractivity contribution in [2.45, 2.75) is 0 Å². The predicted octanol–water partition coefficient (Wildman–Crippen LogP) is -0.809. The van der Waals surface area contributed by atoms with Crippen LogP contribution in [0.25, 0.3) is 0 Å². The van der Waals surface area contributed by atoms with E-state index in [-0.39, 0.29) is 29.6 Å². The molecule has 10 heavy (non-hydrogen) atoms.